The van der Waals surface area contributed by atoms with E-state index in [9.17, 15) is 4.79 Å². The third kappa shape index (κ3) is 3.66. The molecule has 0 saturated carbocycles. The van der Waals surface area contributed by atoms with Crippen LogP contribution in [0, 0.1) is 5.92 Å². The first-order valence-corrected chi connectivity index (χ1v) is 7.37. The van der Waals surface area contributed by atoms with Crippen molar-refractivity contribution in [2.75, 3.05) is 13.1 Å². The largest absolute Gasteiger partial charge is 0.342 e. The minimum absolute atomic E-state index is 0.205. The zero-order valence-electron chi connectivity index (χ0n) is 12.0. The molecule has 4 nitrogen and oxygen atoms in total. The molecular weight excluding hydrogens is 262 g/mol. The highest BCUT2D eigenvalue weighted by molar-refractivity contribution is 5.78. The summed E-state index contributed by atoms with van der Waals surface area (Å²) in [6, 6.07) is 7.90. The maximum Gasteiger partial charge on any atom is 0.227 e. The molecule has 3 heterocycles. The summed E-state index contributed by atoms with van der Waals surface area (Å²) in [5.74, 6) is 0.753. The van der Waals surface area contributed by atoms with Gasteiger partial charge in [0.2, 0.25) is 5.91 Å². The Kier molecular flexibility index (Phi) is 4.24. The predicted octanol–water partition coefficient (Wildman–Crippen LogP) is 2.11. The molecule has 1 atom stereocenters. The van der Waals surface area contributed by atoms with Crippen LogP contribution in [0.3, 0.4) is 0 Å². The first-order valence-electron chi connectivity index (χ1n) is 7.37. The second kappa shape index (κ2) is 6.48. The molecule has 1 fully saturated rings. The van der Waals surface area contributed by atoms with Crippen molar-refractivity contribution < 1.29 is 4.79 Å². The highest BCUT2D eigenvalue weighted by Gasteiger charge is 2.26. The first kappa shape index (κ1) is 13.7. The standard InChI is InChI=1S/C17H19N3O/c21-17(10-15-4-2-7-19-12-15)20-8-5-16(13-20)9-14-3-1-6-18-11-14/h1-4,6-7,11-12,16H,5,8-10,13H2. The summed E-state index contributed by atoms with van der Waals surface area (Å²) < 4.78 is 0. The van der Waals surface area contributed by atoms with Crippen molar-refractivity contribution >= 4 is 5.91 Å². The van der Waals surface area contributed by atoms with Crippen molar-refractivity contribution in [2.24, 2.45) is 5.92 Å². The van der Waals surface area contributed by atoms with Crippen molar-refractivity contribution in [3.8, 4) is 0 Å². The van der Waals surface area contributed by atoms with Crippen molar-refractivity contribution in [1.82, 2.24) is 14.9 Å². The number of hydrogen-bond acceptors (Lipinski definition) is 3. The molecule has 0 N–H and O–H groups in total. The smallest absolute Gasteiger partial charge is 0.227 e. The minimum atomic E-state index is 0.205. The van der Waals surface area contributed by atoms with E-state index in [4.69, 9.17) is 0 Å². The van der Waals surface area contributed by atoms with E-state index < -0.39 is 0 Å². The van der Waals surface area contributed by atoms with Gasteiger partial charge in [0, 0.05) is 37.9 Å². The van der Waals surface area contributed by atoms with Crippen molar-refractivity contribution in [2.45, 2.75) is 19.3 Å². The summed E-state index contributed by atoms with van der Waals surface area (Å²) in [5, 5.41) is 0. The Morgan fingerprint density at radius 3 is 2.52 bits per heavy atom. The molecule has 2 aromatic rings. The molecule has 1 aliphatic rings. The molecule has 1 amide bonds. The number of amides is 1. The fourth-order valence-corrected chi connectivity index (χ4v) is 2.87. The van der Waals surface area contributed by atoms with Crippen LogP contribution in [-0.2, 0) is 17.6 Å². The van der Waals surface area contributed by atoms with Gasteiger partial charge in [-0.05, 0) is 42.0 Å². The Bertz CT molecular complexity index is 585. The molecule has 3 rings (SSSR count). The molecule has 21 heavy (non-hydrogen) atoms. The van der Waals surface area contributed by atoms with Crippen LogP contribution >= 0.6 is 0 Å². The molecule has 0 aromatic carbocycles. The monoisotopic (exact) mass is 281 g/mol. The number of carbonyl (C=O) groups excluding carboxylic acids is 1. The van der Waals surface area contributed by atoms with E-state index in [1.807, 2.05) is 29.3 Å². The molecule has 0 aliphatic carbocycles. The van der Waals surface area contributed by atoms with Gasteiger partial charge in [-0.1, -0.05) is 12.1 Å². The zero-order chi connectivity index (χ0) is 14.5. The second-order valence-electron chi connectivity index (χ2n) is 5.60. The molecule has 1 saturated heterocycles. The lowest BCUT2D eigenvalue weighted by atomic mass is 10.00. The molecule has 108 valence electrons. The van der Waals surface area contributed by atoms with Crippen LogP contribution in [0.2, 0.25) is 0 Å². The van der Waals surface area contributed by atoms with Crippen molar-refractivity contribution in [3.05, 3.63) is 60.2 Å². The number of likely N-dealkylation sites (tertiary alicyclic amines) is 1. The number of hydrogen-bond donors (Lipinski definition) is 0. The Hall–Kier alpha value is -2.23. The molecule has 0 bridgehead atoms. The third-order valence-electron chi connectivity index (χ3n) is 3.96. The first-order chi connectivity index (χ1) is 10.3. The van der Waals surface area contributed by atoms with E-state index in [0.717, 1.165) is 31.5 Å². The molecule has 1 unspecified atom stereocenters. The lowest BCUT2D eigenvalue weighted by molar-refractivity contribution is -0.129. The van der Waals surface area contributed by atoms with E-state index in [2.05, 4.69) is 16.0 Å². The van der Waals surface area contributed by atoms with Crippen LogP contribution < -0.4 is 0 Å². The van der Waals surface area contributed by atoms with Crippen LogP contribution in [0.5, 0.6) is 0 Å². The van der Waals surface area contributed by atoms with Crippen molar-refractivity contribution in [3.63, 3.8) is 0 Å². The van der Waals surface area contributed by atoms with E-state index in [-0.39, 0.29) is 5.91 Å². The molecule has 0 radical (unpaired) electrons. The SMILES string of the molecule is O=C(Cc1cccnc1)N1CCC(Cc2cccnc2)C1. The normalized spacial score (nSPS) is 17.9. The summed E-state index contributed by atoms with van der Waals surface area (Å²) >= 11 is 0. The average Bonchev–Trinajstić information content (AvgIpc) is 2.98. The number of nitrogens with zero attached hydrogens (tertiary/aromatic N) is 3. The maximum absolute atomic E-state index is 12.3. The third-order valence-corrected chi connectivity index (χ3v) is 3.96. The van der Waals surface area contributed by atoms with Gasteiger partial charge in [0.1, 0.15) is 0 Å². The van der Waals surface area contributed by atoms with Gasteiger partial charge in [-0.2, -0.15) is 0 Å². The number of pyridine rings is 2. The van der Waals surface area contributed by atoms with E-state index in [1.165, 1.54) is 5.56 Å². The van der Waals surface area contributed by atoms with Gasteiger partial charge in [0.25, 0.3) is 0 Å². The Morgan fingerprint density at radius 2 is 1.86 bits per heavy atom. The molecule has 1 aliphatic heterocycles. The molecule has 0 spiro atoms. The number of rotatable bonds is 4. The summed E-state index contributed by atoms with van der Waals surface area (Å²) in [5.41, 5.74) is 2.24. The lowest BCUT2D eigenvalue weighted by Gasteiger charge is -2.16. The van der Waals surface area contributed by atoms with Gasteiger partial charge in [0.05, 0.1) is 6.42 Å². The minimum Gasteiger partial charge on any atom is -0.342 e. The van der Waals surface area contributed by atoms with Gasteiger partial charge in [-0.25, -0.2) is 0 Å². The van der Waals surface area contributed by atoms with Crippen molar-refractivity contribution in [1.29, 1.82) is 0 Å². The number of carbonyl (C=O) groups is 1. The quantitative estimate of drug-likeness (QED) is 0.862. The van der Waals surface area contributed by atoms with Gasteiger partial charge >= 0.3 is 0 Å². The molecule has 2 aromatic heterocycles. The van der Waals surface area contributed by atoms with E-state index >= 15 is 0 Å². The van der Waals surface area contributed by atoms with Gasteiger partial charge in [0.15, 0.2) is 0 Å². The summed E-state index contributed by atoms with van der Waals surface area (Å²) in [6.45, 7) is 1.72. The lowest BCUT2D eigenvalue weighted by Crippen LogP contribution is -2.30. The molecule has 4 heteroatoms. The average molecular weight is 281 g/mol. The summed E-state index contributed by atoms with van der Waals surface area (Å²) in [4.78, 5) is 22.5. The van der Waals surface area contributed by atoms with E-state index in [1.54, 1.807) is 18.6 Å². The number of aromatic nitrogens is 2. The van der Waals surface area contributed by atoms with Gasteiger partial charge in [-0.15, -0.1) is 0 Å². The van der Waals surface area contributed by atoms with Crippen LogP contribution in [0.1, 0.15) is 17.5 Å². The fraction of sp³-hybridized carbons (Fsp3) is 0.353. The van der Waals surface area contributed by atoms with Crippen LogP contribution in [-0.4, -0.2) is 33.9 Å². The highest BCUT2D eigenvalue weighted by atomic mass is 16.2. The van der Waals surface area contributed by atoms with Crippen LogP contribution in [0.25, 0.3) is 0 Å². The molecular formula is C17H19N3O. The van der Waals surface area contributed by atoms with Gasteiger partial charge < -0.3 is 4.90 Å². The van der Waals surface area contributed by atoms with Gasteiger partial charge in [-0.3, -0.25) is 14.8 Å². The summed E-state index contributed by atoms with van der Waals surface area (Å²) in [7, 11) is 0. The maximum atomic E-state index is 12.3. The van der Waals surface area contributed by atoms with Crippen LogP contribution in [0.15, 0.2) is 49.1 Å². The Morgan fingerprint density at radius 1 is 1.14 bits per heavy atom. The Labute approximate surface area is 124 Å². The topological polar surface area (TPSA) is 46.1 Å². The highest BCUT2D eigenvalue weighted by Crippen LogP contribution is 2.21. The van der Waals surface area contributed by atoms with E-state index in [0.29, 0.717) is 12.3 Å². The Balaban J connectivity index is 1.53. The predicted molar refractivity (Wildman–Crippen MR) is 80.6 cm³/mol. The zero-order valence-corrected chi connectivity index (χ0v) is 12.0. The fourth-order valence-electron chi connectivity index (χ4n) is 2.87. The second-order valence-corrected chi connectivity index (χ2v) is 5.60. The van der Waals surface area contributed by atoms with Crippen LogP contribution in [0.4, 0.5) is 0 Å². The summed E-state index contributed by atoms with van der Waals surface area (Å²) in [6.07, 6.45) is 9.74.